The number of pyridine rings is 1. The highest BCUT2D eigenvalue weighted by atomic mass is 32.2. The number of hydrogen-bond donors (Lipinski definition) is 0. The normalized spacial score (nSPS) is 11.2. The number of hydrogen-bond acceptors (Lipinski definition) is 6. The lowest BCUT2D eigenvalue weighted by atomic mass is 10.1. The van der Waals surface area contributed by atoms with Crippen LogP contribution in [0.5, 0.6) is 0 Å². The molecule has 4 rings (SSSR count). The summed E-state index contributed by atoms with van der Waals surface area (Å²) in [5.41, 5.74) is 4.50. The van der Waals surface area contributed by atoms with Crippen LogP contribution in [0.25, 0.3) is 11.3 Å². The van der Waals surface area contributed by atoms with Crippen LogP contribution in [-0.4, -0.2) is 29.6 Å². The van der Waals surface area contributed by atoms with Crippen LogP contribution < -0.4 is 5.56 Å². The zero-order chi connectivity index (χ0) is 20.2. The first-order valence-electron chi connectivity index (χ1n) is 9.63. The number of benzene rings is 1. The molecule has 148 valence electrons. The van der Waals surface area contributed by atoms with Crippen molar-refractivity contribution in [1.29, 1.82) is 0 Å². The third-order valence-electron chi connectivity index (χ3n) is 4.65. The number of thioether (sulfide) groups is 1. The van der Waals surface area contributed by atoms with Crippen molar-refractivity contribution >= 4 is 17.4 Å². The van der Waals surface area contributed by atoms with Gasteiger partial charge in [-0.25, -0.2) is 4.98 Å². The van der Waals surface area contributed by atoms with Gasteiger partial charge in [0.25, 0.3) is 5.56 Å². The summed E-state index contributed by atoms with van der Waals surface area (Å²) < 4.78 is 3.28. The Labute approximate surface area is 172 Å². The van der Waals surface area contributed by atoms with Crippen molar-refractivity contribution in [2.45, 2.75) is 44.0 Å². The quantitative estimate of drug-likeness (QED) is 0.436. The summed E-state index contributed by atoms with van der Waals surface area (Å²) >= 11 is 1.46. The molecule has 4 aromatic rings. The Morgan fingerprint density at radius 3 is 2.72 bits per heavy atom. The topological polar surface area (TPSA) is 78.0 Å². The molecule has 0 amide bonds. The minimum Gasteiger partial charge on any atom is -0.269 e. The molecule has 0 saturated heterocycles. The molecule has 0 N–H and O–H groups in total. The maximum absolute atomic E-state index is 12.4. The highest BCUT2D eigenvalue weighted by Gasteiger charge is 2.11. The third kappa shape index (κ3) is 4.37. The first kappa shape index (κ1) is 19.3. The van der Waals surface area contributed by atoms with Crippen molar-refractivity contribution < 1.29 is 0 Å². The van der Waals surface area contributed by atoms with E-state index in [1.54, 1.807) is 21.3 Å². The van der Waals surface area contributed by atoms with E-state index in [0.717, 1.165) is 17.7 Å². The molecule has 3 heterocycles. The van der Waals surface area contributed by atoms with E-state index in [4.69, 9.17) is 0 Å². The molecule has 1 aromatic carbocycles. The number of aryl methyl sites for hydroxylation is 2. The monoisotopic (exact) mass is 406 g/mol. The lowest BCUT2D eigenvalue weighted by molar-refractivity contribution is 0.753. The van der Waals surface area contributed by atoms with Gasteiger partial charge in [0.1, 0.15) is 5.65 Å². The van der Waals surface area contributed by atoms with Gasteiger partial charge in [0.2, 0.25) is 5.16 Å². The number of tetrazole rings is 1. The van der Waals surface area contributed by atoms with Crippen LogP contribution in [-0.2, 0) is 12.2 Å². The van der Waals surface area contributed by atoms with Crippen LogP contribution in [0.4, 0.5) is 0 Å². The van der Waals surface area contributed by atoms with E-state index < -0.39 is 0 Å². The molecular weight excluding hydrogens is 384 g/mol. The van der Waals surface area contributed by atoms with E-state index in [1.165, 1.54) is 30.2 Å². The fourth-order valence-electron chi connectivity index (χ4n) is 3.09. The zero-order valence-corrected chi connectivity index (χ0v) is 17.3. The zero-order valence-electron chi connectivity index (χ0n) is 16.4. The number of unbranched alkanes of at least 4 members (excludes halogenated alkanes) is 1. The van der Waals surface area contributed by atoms with E-state index in [2.05, 4.69) is 39.6 Å². The summed E-state index contributed by atoms with van der Waals surface area (Å²) in [7, 11) is 0. The summed E-state index contributed by atoms with van der Waals surface area (Å²) in [4.78, 5) is 17.0. The first-order chi connectivity index (χ1) is 14.1. The van der Waals surface area contributed by atoms with E-state index >= 15 is 0 Å². The molecule has 0 unspecified atom stereocenters. The van der Waals surface area contributed by atoms with Crippen molar-refractivity contribution in [3.05, 3.63) is 75.8 Å². The largest absolute Gasteiger partial charge is 0.269 e. The fourth-order valence-corrected chi connectivity index (χ4v) is 3.87. The Bertz CT molecular complexity index is 1180. The van der Waals surface area contributed by atoms with Crippen LogP contribution in [0.15, 0.2) is 58.6 Å². The smallest absolute Gasteiger partial charge is 0.258 e. The molecule has 0 aliphatic rings. The standard InChI is InChI=1S/C21H22N6OS/c1-3-4-5-16-7-9-18(10-8-16)27-21(23-24-25-27)29-14-17-12-20(28)26-13-15(2)6-11-19(26)22-17/h6-13H,3-5,14H2,1-2H3. The van der Waals surface area contributed by atoms with Crippen molar-refractivity contribution in [3.8, 4) is 5.69 Å². The summed E-state index contributed by atoms with van der Waals surface area (Å²) in [6.07, 6.45) is 5.24. The lowest BCUT2D eigenvalue weighted by Crippen LogP contribution is -2.15. The predicted molar refractivity (Wildman–Crippen MR) is 114 cm³/mol. The second kappa shape index (κ2) is 8.57. The number of fused-ring (bicyclic) bond motifs is 1. The third-order valence-corrected chi connectivity index (χ3v) is 5.60. The molecule has 0 spiro atoms. The Balaban J connectivity index is 1.52. The minimum atomic E-state index is -0.0865. The van der Waals surface area contributed by atoms with Gasteiger partial charge in [-0.05, 0) is 59.5 Å². The minimum absolute atomic E-state index is 0.0865. The molecule has 0 fully saturated rings. The second-order valence-corrected chi connectivity index (χ2v) is 7.89. The number of rotatable bonds is 7. The van der Waals surface area contributed by atoms with Crippen molar-refractivity contribution in [2.75, 3.05) is 0 Å². The van der Waals surface area contributed by atoms with E-state index in [-0.39, 0.29) is 5.56 Å². The van der Waals surface area contributed by atoms with Gasteiger partial charge < -0.3 is 0 Å². The van der Waals surface area contributed by atoms with Gasteiger partial charge in [-0.3, -0.25) is 9.20 Å². The maximum Gasteiger partial charge on any atom is 0.258 e. The van der Waals surface area contributed by atoms with Gasteiger partial charge in [0.05, 0.1) is 11.4 Å². The molecule has 29 heavy (non-hydrogen) atoms. The van der Waals surface area contributed by atoms with Gasteiger partial charge in [-0.2, -0.15) is 4.68 Å². The Kier molecular flexibility index (Phi) is 5.71. The van der Waals surface area contributed by atoms with Gasteiger partial charge in [-0.1, -0.05) is 43.3 Å². The fraction of sp³-hybridized carbons (Fsp3) is 0.286. The van der Waals surface area contributed by atoms with E-state index in [1.807, 2.05) is 31.2 Å². The highest BCUT2D eigenvalue weighted by Crippen LogP contribution is 2.22. The average molecular weight is 407 g/mol. The molecule has 3 aromatic heterocycles. The Hall–Kier alpha value is -3.00. The van der Waals surface area contributed by atoms with Gasteiger partial charge in [0, 0.05) is 18.0 Å². The molecule has 0 saturated carbocycles. The van der Waals surface area contributed by atoms with Crippen LogP contribution in [0, 0.1) is 6.92 Å². The first-order valence-corrected chi connectivity index (χ1v) is 10.6. The molecular formula is C21H22N6OS. The van der Waals surface area contributed by atoms with E-state index in [0.29, 0.717) is 22.3 Å². The molecule has 0 aliphatic heterocycles. The van der Waals surface area contributed by atoms with Gasteiger partial charge >= 0.3 is 0 Å². The summed E-state index contributed by atoms with van der Waals surface area (Å²) in [5.74, 6) is 0.509. The second-order valence-electron chi connectivity index (χ2n) is 6.95. The van der Waals surface area contributed by atoms with Crippen molar-refractivity contribution in [2.24, 2.45) is 0 Å². The average Bonchev–Trinajstić information content (AvgIpc) is 3.20. The maximum atomic E-state index is 12.4. The summed E-state index contributed by atoms with van der Waals surface area (Å²) in [6, 6.07) is 13.7. The number of aromatic nitrogens is 6. The van der Waals surface area contributed by atoms with Crippen molar-refractivity contribution in [1.82, 2.24) is 29.6 Å². The molecule has 8 heteroatoms. The van der Waals surface area contributed by atoms with Crippen molar-refractivity contribution in [3.63, 3.8) is 0 Å². The van der Waals surface area contributed by atoms with Gasteiger partial charge in [-0.15, -0.1) is 5.10 Å². The molecule has 0 bridgehead atoms. The molecule has 0 radical (unpaired) electrons. The Morgan fingerprint density at radius 2 is 1.93 bits per heavy atom. The SMILES string of the molecule is CCCCc1ccc(-n2nnnc2SCc2cc(=O)n3cc(C)ccc3n2)cc1. The lowest BCUT2D eigenvalue weighted by Gasteiger charge is -2.07. The van der Waals surface area contributed by atoms with Crippen LogP contribution in [0.1, 0.15) is 36.6 Å². The van der Waals surface area contributed by atoms with Crippen LogP contribution in [0.2, 0.25) is 0 Å². The summed E-state index contributed by atoms with van der Waals surface area (Å²) in [5, 5.41) is 12.7. The molecule has 0 aliphatic carbocycles. The molecule has 7 nitrogen and oxygen atoms in total. The highest BCUT2D eigenvalue weighted by molar-refractivity contribution is 7.98. The van der Waals surface area contributed by atoms with Gasteiger partial charge in [0.15, 0.2) is 0 Å². The predicted octanol–water partition coefficient (Wildman–Crippen LogP) is 3.61. The van der Waals surface area contributed by atoms with Crippen LogP contribution in [0.3, 0.4) is 0 Å². The Morgan fingerprint density at radius 1 is 1.10 bits per heavy atom. The van der Waals surface area contributed by atoms with E-state index in [9.17, 15) is 4.79 Å². The van der Waals surface area contributed by atoms with Crippen LogP contribution >= 0.6 is 11.8 Å². The molecule has 0 atom stereocenters. The summed E-state index contributed by atoms with van der Waals surface area (Å²) in [6.45, 7) is 4.14. The number of nitrogens with zero attached hydrogens (tertiary/aromatic N) is 6.